The molecule has 4 heterocycles. The van der Waals surface area contributed by atoms with Crippen LogP contribution in [0.25, 0.3) is 22.0 Å². The van der Waals surface area contributed by atoms with Crippen LogP contribution in [0.5, 0.6) is 0 Å². The molecule has 1 saturated carbocycles. The molecule has 0 radical (unpaired) electrons. The Hall–Kier alpha value is -3.14. The average molecular weight is 428 g/mol. The summed E-state index contributed by atoms with van der Waals surface area (Å²) in [4.78, 5) is 25.9. The van der Waals surface area contributed by atoms with E-state index in [9.17, 15) is 13.6 Å². The highest BCUT2D eigenvalue weighted by Gasteiger charge is 2.45. The molecular weight excluding hydrogens is 406 g/mol. The normalized spacial score (nSPS) is 19.6. The molecule has 162 valence electrons. The molecule has 0 spiro atoms. The van der Waals surface area contributed by atoms with Gasteiger partial charge in [0.1, 0.15) is 5.82 Å². The van der Waals surface area contributed by atoms with Gasteiger partial charge in [-0.15, -0.1) is 0 Å². The van der Waals surface area contributed by atoms with Gasteiger partial charge < -0.3 is 20.4 Å². The summed E-state index contributed by atoms with van der Waals surface area (Å²) in [6.45, 7) is 3.75. The van der Waals surface area contributed by atoms with Crippen LogP contribution in [0.2, 0.25) is 0 Å². The van der Waals surface area contributed by atoms with Crippen LogP contribution in [0, 0.1) is 5.41 Å². The quantitative estimate of drug-likeness (QED) is 0.643. The van der Waals surface area contributed by atoms with Crippen molar-refractivity contribution in [2.45, 2.75) is 38.3 Å². The SMILES string of the molecule is CC1(Cn2ccc3cc(-c4cnc(N)nc4)nc(NC4CC(F)(F)C4)c3c2=O)COC1. The molecule has 1 aliphatic heterocycles. The predicted molar refractivity (Wildman–Crippen MR) is 112 cm³/mol. The minimum Gasteiger partial charge on any atom is -0.380 e. The lowest BCUT2D eigenvalue weighted by atomic mass is 9.88. The molecule has 0 aromatic carbocycles. The van der Waals surface area contributed by atoms with Crippen molar-refractivity contribution in [3.8, 4) is 11.3 Å². The van der Waals surface area contributed by atoms with Crippen molar-refractivity contribution in [2.24, 2.45) is 5.41 Å². The summed E-state index contributed by atoms with van der Waals surface area (Å²) in [5.41, 5.74) is 6.39. The van der Waals surface area contributed by atoms with Crippen LogP contribution in [0.3, 0.4) is 0 Å². The number of pyridine rings is 2. The Bertz CT molecular complexity index is 1200. The fourth-order valence-electron chi connectivity index (χ4n) is 4.06. The molecule has 10 heteroatoms. The topological polar surface area (TPSA) is 108 Å². The number of hydrogen-bond acceptors (Lipinski definition) is 7. The number of aromatic nitrogens is 4. The van der Waals surface area contributed by atoms with Crippen molar-refractivity contribution in [2.75, 3.05) is 24.3 Å². The maximum Gasteiger partial charge on any atom is 0.262 e. The summed E-state index contributed by atoms with van der Waals surface area (Å²) >= 11 is 0. The summed E-state index contributed by atoms with van der Waals surface area (Å²) in [5.74, 6) is -2.26. The lowest BCUT2D eigenvalue weighted by Gasteiger charge is -2.38. The molecule has 3 N–H and O–H groups in total. The smallest absolute Gasteiger partial charge is 0.262 e. The van der Waals surface area contributed by atoms with Gasteiger partial charge in [-0.25, -0.2) is 23.7 Å². The van der Waals surface area contributed by atoms with Crippen molar-refractivity contribution in [3.05, 3.63) is 41.1 Å². The number of fused-ring (bicyclic) bond motifs is 1. The minimum atomic E-state index is -2.69. The highest BCUT2D eigenvalue weighted by Crippen LogP contribution is 2.39. The number of ether oxygens (including phenoxy) is 1. The van der Waals surface area contributed by atoms with Crippen molar-refractivity contribution >= 4 is 22.5 Å². The van der Waals surface area contributed by atoms with E-state index in [1.165, 1.54) is 12.4 Å². The summed E-state index contributed by atoms with van der Waals surface area (Å²) in [7, 11) is 0. The lowest BCUT2D eigenvalue weighted by molar-refractivity contribution is -0.110. The monoisotopic (exact) mass is 428 g/mol. The molecule has 1 saturated heterocycles. The van der Waals surface area contributed by atoms with Gasteiger partial charge in [-0.1, -0.05) is 6.92 Å². The Labute approximate surface area is 176 Å². The lowest BCUT2D eigenvalue weighted by Crippen LogP contribution is -2.45. The van der Waals surface area contributed by atoms with Crippen LogP contribution in [-0.4, -0.2) is 44.7 Å². The van der Waals surface area contributed by atoms with Crippen molar-refractivity contribution < 1.29 is 13.5 Å². The van der Waals surface area contributed by atoms with Gasteiger partial charge >= 0.3 is 0 Å². The molecule has 2 fully saturated rings. The van der Waals surface area contributed by atoms with E-state index in [4.69, 9.17) is 10.5 Å². The van der Waals surface area contributed by atoms with E-state index in [0.717, 1.165) is 0 Å². The molecule has 8 nitrogen and oxygen atoms in total. The van der Waals surface area contributed by atoms with Crippen LogP contribution in [0.4, 0.5) is 20.5 Å². The van der Waals surface area contributed by atoms with Gasteiger partial charge in [-0.05, 0) is 17.5 Å². The predicted octanol–water partition coefficient (Wildman–Crippen LogP) is 2.68. The second-order valence-corrected chi connectivity index (χ2v) is 8.81. The Morgan fingerprint density at radius 3 is 2.61 bits per heavy atom. The zero-order valence-electron chi connectivity index (χ0n) is 16.9. The highest BCUT2D eigenvalue weighted by atomic mass is 19.3. The Morgan fingerprint density at radius 1 is 1.29 bits per heavy atom. The van der Waals surface area contributed by atoms with Crippen LogP contribution in [0.1, 0.15) is 19.8 Å². The second kappa shape index (κ2) is 6.94. The molecule has 3 aromatic heterocycles. The molecule has 0 atom stereocenters. The molecule has 0 unspecified atom stereocenters. The molecule has 0 amide bonds. The zero-order chi connectivity index (χ0) is 21.8. The zero-order valence-corrected chi connectivity index (χ0v) is 16.9. The van der Waals surface area contributed by atoms with Crippen molar-refractivity contribution in [1.82, 2.24) is 19.5 Å². The minimum absolute atomic E-state index is 0.101. The third-order valence-electron chi connectivity index (χ3n) is 5.81. The molecule has 2 aliphatic rings. The molecule has 31 heavy (non-hydrogen) atoms. The Kier molecular flexibility index (Phi) is 4.44. The number of alkyl halides is 2. The molecule has 0 bridgehead atoms. The van der Waals surface area contributed by atoms with Crippen LogP contribution < -0.4 is 16.6 Å². The van der Waals surface area contributed by atoms with Gasteiger partial charge in [0.15, 0.2) is 0 Å². The summed E-state index contributed by atoms with van der Waals surface area (Å²) in [6, 6.07) is 3.16. The molecule has 3 aromatic rings. The number of hydrogen-bond donors (Lipinski definition) is 2. The van der Waals surface area contributed by atoms with Crippen molar-refractivity contribution in [3.63, 3.8) is 0 Å². The molecule has 5 rings (SSSR count). The Morgan fingerprint density at radius 2 is 2.00 bits per heavy atom. The first-order chi connectivity index (χ1) is 14.7. The number of rotatable bonds is 5. The van der Waals surface area contributed by atoms with Crippen LogP contribution in [0.15, 0.2) is 35.5 Å². The maximum atomic E-state index is 13.4. The summed E-state index contributed by atoms with van der Waals surface area (Å²) in [6.07, 6.45) is 4.25. The fraction of sp³-hybridized carbons (Fsp3) is 0.429. The van der Waals surface area contributed by atoms with Gasteiger partial charge in [0, 0.05) is 55.0 Å². The highest BCUT2D eigenvalue weighted by molar-refractivity contribution is 5.94. The maximum absolute atomic E-state index is 13.4. The van der Waals surface area contributed by atoms with Gasteiger partial charge in [0.2, 0.25) is 5.95 Å². The number of halogens is 2. The summed E-state index contributed by atoms with van der Waals surface area (Å²) in [5, 5.41) is 4.10. The first-order valence-electron chi connectivity index (χ1n) is 10.1. The standard InChI is InChI=1S/C21H22F2N6O2/c1-20(10-31-11-20)9-29-3-2-12-4-15(13-7-25-19(24)26-8-13)28-17(16(12)18(29)30)27-14-5-21(22,23)6-14/h2-4,7-8,14H,5-6,9-11H2,1H3,(H,27,28)(H2,24,25,26). The van der Waals surface area contributed by atoms with Gasteiger partial charge in [0.25, 0.3) is 11.5 Å². The molecule has 1 aliphatic carbocycles. The van der Waals surface area contributed by atoms with Crippen LogP contribution in [-0.2, 0) is 11.3 Å². The fourth-order valence-corrected chi connectivity index (χ4v) is 4.06. The van der Waals surface area contributed by atoms with E-state index in [1.807, 2.05) is 6.07 Å². The van der Waals surface area contributed by atoms with E-state index < -0.39 is 12.0 Å². The first-order valence-corrected chi connectivity index (χ1v) is 10.1. The summed E-state index contributed by atoms with van der Waals surface area (Å²) < 4.78 is 33.7. The largest absolute Gasteiger partial charge is 0.380 e. The third-order valence-corrected chi connectivity index (χ3v) is 5.81. The van der Waals surface area contributed by atoms with Gasteiger partial charge in [0.05, 0.1) is 24.3 Å². The number of nitrogens with zero attached hydrogens (tertiary/aromatic N) is 4. The number of nitrogen functional groups attached to an aromatic ring is 1. The van der Waals surface area contributed by atoms with Crippen LogP contribution >= 0.6 is 0 Å². The van der Waals surface area contributed by atoms with E-state index in [1.54, 1.807) is 16.8 Å². The number of nitrogens with one attached hydrogen (secondary N) is 1. The number of anilines is 2. The first kappa shape index (κ1) is 19.8. The van der Waals surface area contributed by atoms with E-state index in [-0.39, 0.29) is 29.8 Å². The van der Waals surface area contributed by atoms with Gasteiger partial charge in [-0.2, -0.15) is 0 Å². The van der Waals surface area contributed by atoms with Gasteiger partial charge in [-0.3, -0.25) is 4.79 Å². The Balaban J connectivity index is 1.60. The number of nitrogens with two attached hydrogens (primary N) is 1. The van der Waals surface area contributed by atoms with E-state index >= 15 is 0 Å². The van der Waals surface area contributed by atoms with Crippen molar-refractivity contribution in [1.29, 1.82) is 0 Å². The van der Waals surface area contributed by atoms with E-state index in [2.05, 4.69) is 27.2 Å². The second-order valence-electron chi connectivity index (χ2n) is 8.81. The van der Waals surface area contributed by atoms with E-state index in [0.29, 0.717) is 47.6 Å². The molecular formula is C21H22F2N6O2. The average Bonchev–Trinajstić information content (AvgIpc) is 2.68. The third kappa shape index (κ3) is 3.71.